The van der Waals surface area contributed by atoms with Crippen molar-refractivity contribution >= 4 is 29.0 Å². The second-order valence-electron chi connectivity index (χ2n) is 5.39. The molecule has 100 valence electrons. The molecule has 0 bridgehead atoms. The number of carbonyl (C=O) groups is 1. The van der Waals surface area contributed by atoms with E-state index in [-0.39, 0.29) is 11.6 Å². The Kier molecular flexibility index (Phi) is 4.46. The van der Waals surface area contributed by atoms with E-state index in [1.165, 1.54) is 0 Å². The Morgan fingerprint density at radius 3 is 2.39 bits per heavy atom. The first-order chi connectivity index (χ1) is 8.19. The molecule has 1 aromatic carbocycles. The molecule has 18 heavy (non-hydrogen) atoms. The number of nitrogens with zero attached hydrogens (tertiary/aromatic N) is 1. The summed E-state index contributed by atoms with van der Waals surface area (Å²) in [6.07, 6.45) is 0. The van der Waals surface area contributed by atoms with Crippen molar-refractivity contribution in [2.45, 2.75) is 26.3 Å². The Morgan fingerprint density at radius 1 is 1.28 bits per heavy atom. The van der Waals surface area contributed by atoms with Crippen molar-refractivity contribution in [2.24, 2.45) is 0 Å². The van der Waals surface area contributed by atoms with E-state index < -0.39 is 0 Å². The quantitative estimate of drug-likeness (QED) is 0.865. The van der Waals surface area contributed by atoms with Gasteiger partial charge in [-0.1, -0.05) is 11.6 Å². The van der Waals surface area contributed by atoms with Crippen LogP contribution >= 0.6 is 11.6 Å². The van der Waals surface area contributed by atoms with Crippen LogP contribution in [0.15, 0.2) is 18.2 Å². The number of halogens is 1. The largest absolute Gasteiger partial charge is 0.376 e. The number of hydrogen-bond donors (Lipinski definition) is 2. The first kappa shape index (κ1) is 14.6. The topological polar surface area (TPSA) is 44.4 Å². The van der Waals surface area contributed by atoms with Gasteiger partial charge in [0.25, 0.3) is 0 Å². The van der Waals surface area contributed by atoms with Crippen LogP contribution in [0, 0.1) is 0 Å². The fraction of sp³-hybridized carbons (Fsp3) is 0.462. The van der Waals surface area contributed by atoms with E-state index in [0.29, 0.717) is 10.7 Å². The van der Waals surface area contributed by atoms with Gasteiger partial charge < -0.3 is 15.5 Å². The molecular weight excluding hydrogens is 250 g/mol. The van der Waals surface area contributed by atoms with E-state index in [2.05, 4.69) is 10.6 Å². The van der Waals surface area contributed by atoms with Crippen molar-refractivity contribution < 1.29 is 4.79 Å². The normalized spacial score (nSPS) is 11.0. The number of carbonyl (C=O) groups excluding carboxylic acids is 1. The molecule has 5 heteroatoms. The van der Waals surface area contributed by atoms with Crippen LogP contribution in [-0.2, 0) is 0 Å². The molecule has 0 aliphatic rings. The lowest BCUT2D eigenvalue weighted by atomic mass is 10.1. The van der Waals surface area contributed by atoms with Gasteiger partial charge in [0.15, 0.2) is 0 Å². The molecule has 2 amide bonds. The van der Waals surface area contributed by atoms with Crippen molar-refractivity contribution in [3.63, 3.8) is 0 Å². The molecule has 1 aromatic rings. The van der Waals surface area contributed by atoms with Gasteiger partial charge in [0.2, 0.25) is 0 Å². The Hall–Kier alpha value is -1.42. The van der Waals surface area contributed by atoms with Gasteiger partial charge in [-0.2, -0.15) is 0 Å². The molecule has 0 unspecified atom stereocenters. The SMILES string of the molecule is CN(C)c1ccc(Cl)cc1NC(=O)NC(C)(C)C. The van der Waals surface area contributed by atoms with Crippen LogP contribution in [-0.4, -0.2) is 25.7 Å². The minimum Gasteiger partial charge on any atom is -0.376 e. The zero-order valence-corrected chi connectivity index (χ0v) is 12.2. The molecule has 0 radical (unpaired) electrons. The van der Waals surface area contributed by atoms with Crippen LogP contribution in [0.4, 0.5) is 16.2 Å². The van der Waals surface area contributed by atoms with Gasteiger partial charge in [-0.25, -0.2) is 4.79 Å². The number of nitrogens with one attached hydrogen (secondary N) is 2. The summed E-state index contributed by atoms with van der Waals surface area (Å²) in [4.78, 5) is 13.8. The number of benzene rings is 1. The van der Waals surface area contributed by atoms with Gasteiger partial charge >= 0.3 is 6.03 Å². The number of hydrogen-bond acceptors (Lipinski definition) is 2. The highest BCUT2D eigenvalue weighted by molar-refractivity contribution is 6.31. The average Bonchev–Trinajstić information content (AvgIpc) is 2.13. The molecule has 0 fully saturated rings. The maximum absolute atomic E-state index is 11.8. The zero-order chi connectivity index (χ0) is 13.9. The van der Waals surface area contributed by atoms with Crippen LogP contribution in [0.2, 0.25) is 5.02 Å². The summed E-state index contributed by atoms with van der Waals surface area (Å²) in [7, 11) is 3.83. The smallest absolute Gasteiger partial charge is 0.319 e. The molecular formula is C13H20ClN3O. The molecule has 0 aromatic heterocycles. The van der Waals surface area contributed by atoms with Crippen molar-refractivity contribution in [1.82, 2.24) is 5.32 Å². The molecule has 0 aliphatic heterocycles. The lowest BCUT2D eigenvalue weighted by Gasteiger charge is -2.23. The highest BCUT2D eigenvalue weighted by Crippen LogP contribution is 2.27. The average molecular weight is 270 g/mol. The molecule has 0 heterocycles. The van der Waals surface area contributed by atoms with E-state index in [4.69, 9.17) is 11.6 Å². The van der Waals surface area contributed by atoms with E-state index in [1.54, 1.807) is 12.1 Å². The van der Waals surface area contributed by atoms with Crippen LogP contribution in [0.5, 0.6) is 0 Å². The lowest BCUT2D eigenvalue weighted by molar-refractivity contribution is 0.244. The summed E-state index contributed by atoms with van der Waals surface area (Å²) in [5.74, 6) is 0. The van der Waals surface area contributed by atoms with E-state index in [9.17, 15) is 4.79 Å². The molecule has 0 saturated carbocycles. The van der Waals surface area contributed by atoms with Crippen LogP contribution < -0.4 is 15.5 Å². The van der Waals surface area contributed by atoms with E-state index in [0.717, 1.165) is 5.69 Å². The van der Waals surface area contributed by atoms with E-state index in [1.807, 2.05) is 45.8 Å². The Morgan fingerprint density at radius 2 is 1.89 bits per heavy atom. The van der Waals surface area contributed by atoms with Crippen LogP contribution in [0.1, 0.15) is 20.8 Å². The van der Waals surface area contributed by atoms with Crippen LogP contribution in [0.3, 0.4) is 0 Å². The number of amides is 2. The number of anilines is 2. The third-order valence-corrected chi connectivity index (χ3v) is 2.41. The number of urea groups is 1. The van der Waals surface area contributed by atoms with Crippen molar-refractivity contribution in [1.29, 1.82) is 0 Å². The second-order valence-corrected chi connectivity index (χ2v) is 5.82. The minimum atomic E-state index is -0.277. The maximum Gasteiger partial charge on any atom is 0.319 e. The van der Waals surface area contributed by atoms with Gasteiger partial charge in [-0.15, -0.1) is 0 Å². The molecule has 0 aliphatic carbocycles. The van der Waals surface area contributed by atoms with E-state index >= 15 is 0 Å². The fourth-order valence-electron chi connectivity index (χ4n) is 1.49. The predicted octanol–water partition coefficient (Wildman–Crippen LogP) is 3.33. The Bertz CT molecular complexity index is 438. The first-order valence-electron chi connectivity index (χ1n) is 5.75. The van der Waals surface area contributed by atoms with Gasteiger partial charge in [-0.05, 0) is 39.0 Å². The number of rotatable bonds is 2. The molecule has 1 rings (SSSR count). The summed E-state index contributed by atoms with van der Waals surface area (Å²) >= 11 is 5.95. The van der Waals surface area contributed by atoms with Gasteiger partial charge in [0.05, 0.1) is 11.4 Å². The van der Waals surface area contributed by atoms with Crippen molar-refractivity contribution in [2.75, 3.05) is 24.3 Å². The first-order valence-corrected chi connectivity index (χ1v) is 6.13. The molecule has 0 spiro atoms. The third-order valence-electron chi connectivity index (χ3n) is 2.18. The monoisotopic (exact) mass is 269 g/mol. The van der Waals surface area contributed by atoms with Gasteiger partial charge in [-0.3, -0.25) is 0 Å². The second kappa shape index (κ2) is 5.48. The summed E-state index contributed by atoms with van der Waals surface area (Å²) in [5, 5.41) is 6.24. The zero-order valence-electron chi connectivity index (χ0n) is 11.5. The highest BCUT2D eigenvalue weighted by atomic mass is 35.5. The summed E-state index contributed by atoms with van der Waals surface area (Å²) in [6.45, 7) is 5.78. The lowest BCUT2D eigenvalue weighted by Crippen LogP contribution is -2.43. The van der Waals surface area contributed by atoms with Crippen molar-refractivity contribution in [3.8, 4) is 0 Å². The fourth-order valence-corrected chi connectivity index (χ4v) is 1.66. The minimum absolute atomic E-state index is 0.243. The van der Waals surface area contributed by atoms with Gasteiger partial charge in [0, 0.05) is 24.7 Å². The van der Waals surface area contributed by atoms with Crippen molar-refractivity contribution in [3.05, 3.63) is 23.2 Å². The maximum atomic E-state index is 11.8. The summed E-state index contributed by atoms with van der Waals surface area (Å²) in [5.41, 5.74) is 1.32. The highest BCUT2D eigenvalue weighted by Gasteiger charge is 2.15. The molecule has 2 N–H and O–H groups in total. The van der Waals surface area contributed by atoms with Crippen LogP contribution in [0.25, 0.3) is 0 Å². The summed E-state index contributed by atoms with van der Waals surface area (Å²) in [6, 6.07) is 5.16. The Balaban J connectivity index is 2.89. The molecule has 0 atom stereocenters. The standard InChI is InChI=1S/C13H20ClN3O/c1-13(2,3)16-12(18)15-10-8-9(14)6-7-11(10)17(4)5/h6-8H,1-5H3,(H2,15,16,18). The molecule has 4 nitrogen and oxygen atoms in total. The van der Waals surface area contributed by atoms with Gasteiger partial charge in [0.1, 0.15) is 0 Å². The third kappa shape index (κ3) is 4.45. The molecule has 0 saturated heterocycles. The Labute approximate surface area is 113 Å². The summed E-state index contributed by atoms with van der Waals surface area (Å²) < 4.78 is 0. The predicted molar refractivity (Wildman–Crippen MR) is 77.7 cm³/mol.